The van der Waals surface area contributed by atoms with Gasteiger partial charge in [0.25, 0.3) is 0 Å². The lowest BCUT2D eigenvalue weighted by molar-refractivity contribution is 0.0978. The van der Waals surface area contributed by atoms with E-state index >= 15 is 0 Å². The van der Waals surface area contributed by atoms with Gasteiger partial charge in [0.15, 0.2) is 5.78 Å². The molecule has 0 aliphatic heterocycles. The fourth-order valence-corrected chi connectivity index (χ4v) is 4.55. The second-order valence-electron chi connectivity index (χ2n) is 6.53. The van der Waals surface area contributed by atoms with Gasteiger partial charge < -0.3 is 4.98 Å². The van der Waals surface area contributed by atoms with Crippen molar-refractivity contribution in [3.8, 4) is 0 Å². The summed E-state index contributed by atoms with van der Waals surface area (Å²) in [6, 6.07) is 12.2. The Labute approximate surface area is 173 Å². The first-order chi connectivity index (χ1) is 13.0. The van der Waals surface area contributed by atoms with E-state index in [2.05, 4.69) is 35.9 Å². The average molecular weight is 419 g/mol. The molecule has 0 atom stereocenters. The number of hydrogen-bond acceptors (Lipinski definition) is 3. The molecule has 2 aromatic carbocycles. The SMILES string of the molecule is CC(C)c1ccccc1Sc1ccc(CCC(=O)c2cnc[nH]2)c(Cl)c1Cl. The molecule has 0 unspecified atom stereocenters. The van der Waals surface area contributed by atoms with Crippen LogP contribution in [0.5, 0.6) is 0 Å². The predicted octanol–water partition coefficient (Wildman–Crippen LogP) is 6.81. The van der Waals surface area contributed by atoms with Crippen LogP contribution in [0.1, 0.15) is 47.8 Å². The van der Waals surface area contributed by atoms with Crippen LogP contribution in [0.4, 0.5) is 0 Å². The van der Waals surface area contributed by atoms with Crippen molar-refractivity contribution in [2.24, 2.45) is 0 Å². The second-order valence-corrected chi connectivity index (χ2v) is 8.37. The summed E-state index contributed by atoms with van der Waals surface area (Å²) in [5.41, 5.74) is 2.66. The van der Waals surface area contributed by atoms with Crippen molar-refractivity contribution in [3.63, 3.8) is 0 Å². The molecule has 140 valence electrons. The molecular formula is C21H20Cl2N2OS. The first-order valence-corrected chi connectivity index (χ1v) is 10.3. The Morgan fingerprint density at radius 1 is 1.11 bits per heavy atom. The van der Waals surface area contributed by atoms with Crippen LogP contribution in [0, 0.1) is 0 Å². The van der Waals surface area contributed by atoms with Crippen LogP contribution in [0.3, 0.4) is 0 Å². The van der Waals surface area contributed by atoms with Gasteiger partial charge in [-0.1, -0.05) is 73.1 Å². The van der Waals surface area contributed by atoms with E-state index in [4.69, 9.17) is 23.2 Å². The summed E-state index contributed by atoms with van der Waals surface area (Å²) in [6.07, 6.45) is 3.91. The Morgan fingerprint density at radius 2 is 1.89 bits per heavy atom. The number of aryl methyl sites for hydroxylation is 1. The largest absolute Gasteiger partial charge is 0.342 e. The number of rotatable bonds is 7. The number of imidazole rings is 1. The number of carbonyl (C=O) groups excluding carboxylic acids is 1. The Hall–Kier alpha value is -1.75. The maximum atomic E-state index is 12.1. The molecule has 3 rings (SSSR count). The maximum absolute atomic E-state index is 12.1. The monoisotopic (exact) mass is 418 g/mol. The number of carbonyl (C=O) groups is 1. The quantitative estimate of drug-likeness (QED) is 0.428. The number of aromatic amines is 1. The van der Waals surface area contributed by atoms with E-state index in [1.54, 1.807) is 11.8 Å². The van der Waals surface area contributed by atoms with Crippen molar-refractivity contribution >= 4 is 40.7 Å². The normalized spacial score (nSPS) is 11.1. The third-order valence-corrected chi connectivity index (χ3v) is 6.49. The van der Waals surface area contributed by atoms with Gasteiger partial charge in [-0.15, -0.1) is 0 Å². The number of Topliss-reactive ketones (excluding diaryl/α,β-unsaturated/α-hetero) is 1. The summed E-state index contributed by atoms with van der Waals surface area (Å²) in [7, 11) is 0. The van der Waals surface area contributed by atoms with E-state index in [1.807, 2.05) is 24.3 Å². The molecule has 6 heteroatoms. The van der Waals surface area contributed by atoms with E-state index in [0.29, 0.717) is 34.5 Å². The van der Waals surface area contributed by atoms with Crippen LogP contribution >= 0.6 is 35.0 Å². The Balaban J connectivity index is 1.76. The molecule has 1 aromatic heterocycles. The van der Waals surface area contributed by atoms with Crippen LogP contribution in [0.15, 0.2) is 58.7 Å². The first kappa shape index (κ1) is 20.0. The summed E-state index contributed by atoms with van der Waals surface area (Å²) in [5, 5.41) is 1.05. The summed E-state index contributed by atoms with van der Waals surface area (Å²) >= 11 is 14.7. The minimum Gasteiger partial charge on any atom is -0.342 e. The first-order valence-electron chi connectivity index (χ1n) is 8.72. The lowest BCUT2D eigenvalue weighted by atomic mass is 10.0. The van der Waals surface area contributed by atoms with Gasteiger partial charge in [0.05, 0.1) is 22.6 Å². The summed E-state index contributed by atoms with van der Waals surface area (Å²) in [6.45, 7) is 4.35. The Bertz CT molecular complexity index is 939. The molecular weight excluding hydrogens is 399 g/mol. The molecule has 1 heterocycles. The second kappa shape index (κ2) is 8.96. The minimum atomic E-state index is 0.00371. The summed E-state index contributed by atoms with van der Waals surface area (Å²) in [5.74, 6) is 0.430. The Kier molecular flexibility index (Phi) is 6.64. The lowest BCUT2D eigenvalue weighted by Gasteiger charge is -2.14. The Morgan fingerprint density at radius 3 is 2.59 bits per heavy atom. The molecule has 3 nitrogen and oxygen atoms in total. The highest BCUT2D eigenvalue weighted by atomic mass is 35.5. The van der Waals surface area contributed by atoms with Crippen molar-refractivity contribution in [2.75, 3.05) is 0 Å². The molecule has 0 radical (unpaired) electrons. The standard InChI is InChI=1S/C21H20Cl2N2OS/c1-13(2)15-5-3-4-6-18(15)27-19-10-8-14(20(22)21(19)23)7-9-17(26)16-11-24-12-25-16/h3-6,8,10-13H,7,9H2,1-2H3,(H,24,25). The number of nitrogens with one attached hydrogen (secondary N) is 1. The van der Waals surface area contributed by atoms with Crippen LogP contribution in [0.25, 0.3) is 0 Å². The fraction of sp³-hybridized carbons (Fsp3) is 0.238. The number of hydrogen-bond donors (Lipinski definition) is 1. The lowest BCUT2D eigenvalue weighted by Crippen LogP contribution is -2.02. The molecule has 0 saturated carbocycles. The van der Waals surface area contributed by atoms with E-state index in [0.717, 1.165) is 10.5 Å². The van der Waals surface area contributed by atoms with Crippen molar-refractivity contribution in [1.29, 1.82) is 0 Å². The van der Waals surface area contributed by atoms with Gasteiger partial charge >= 0.3 is 0 Å². The highest BCUT2D eigenvalue weighted by Gasteiger charge is 2.15. The molecule has 0 saturated heterocycles. The van der Waals surface area contributed by atoms with E-state index in [9.17, 15) is 4.79 Å². The molecule has 0 amide bonds. The number of aromatic nitrogens is 2. The fourth-order valence-electron chi connectivity index (χ4n) is 2.80. The predicted molar refractivity (Wildman–Crippen MR) is 112 cm³/mol. The van der Waals surface area contributed by atoms with Gasteiger partial charge in [0.2, 0.25) is 0 Å². The van der Waals surface area contributed by atoms with Gasteiger partial charge in [-0.25, -0.2) is 4.98 Å². The van der Waals surface area contributed by atoms with Gasteiger partial charge in [0, 0.05) is 16.2 Å². The minimum absolute atomic E-state index is 0.00371. The van der Waals surface area contributed by atoms with Gasteiger partial charge in [0.1, 0.15) is 5.69 Å². The molecule has 27 heavy (non-hydrogen) atoms. The molecule has 0 aliphatic carbocycles. The third-order valence-electron chi connectivity index (χ3n) is 4.31. The van der Waals surface area contributed by atoms with Crippen LogP contribution in [-0.2, 0) is 6.42 Å². The number of halogens is 2. The van der Waals surface area contributed by atoms with Crippen molar-refractivity contribution in [1.82, 2.24) is 9.97 Å². The summed E-state index contributed by atoms with van der Waals surface area (Å²) in [4.78, 5) is 20.9. The molecule has 3 aromatic rings. The van der Waals surface area contributed by atoms with Crippen LogP contribution < -0.4 is 0 Å². The van der Waals surface area contributed by atoms with Crippen molar-refractivity contribution < 1.29 is 4.79 Å². The van der Waals surface area contributed by atoms with Crippen LogP contribution in [0.2, 0.25) is 10.0 Å². The highest BCUT2D eigenvalue weighted by Crippen LogP contribution is 2.41. The van der Waals surface area contributed by atoms with E-state index < -0.39 is 0 Å². The summed E-state index contributed by atoms with van der Waals surface area (Å²) < 4.78 is 0. The van der Waals surface area contributed by atoms with E-state index in [1.165, 1.54) is 23.0 Å². The number of ketones is 1. The van der Waals surface area contributed by atoms with E-state index in [-0.39, 0.29) is 5.78 Å². The van der Waals surface area contributed by atoms with Gasteiger partial charge in [-0.05, 0) is 35.6 Å². The van der Waals surface area contributed by atoms with Gasteiger partial charge in [-0.3, -0.25) is 4.79 Å². The third kappa shape index (κ3) is 4.75. The van der Waals surface area contributed by atoms with Crippen LogP contribution in [-0.4, -0.2) is 15.8 Å². The zero-order valence-electron chi connectivity index (χ0n) is 15.1. The zero-order valence-corrected chi connectivity index (χ0v) is 17.5. The highest BCUT2D eigenvalue weighted by molar-refractivity contribution is 7.99. The van der Waals surface area contributed by atoms with Crippen molar-refractivity contribution in [3.05, 3.63) is 75.8 Å². The van der Waals surface area contributed by atoms with Gasteiger partial charge in [-0.2, -0.15) is 0 Å². The maximum Gasteiger partial charge on any atom is 0.180 e. The van der Waals surface area contributed by atoms with Crippen molar-refractivity contribution in [2.45, 2.75) is 42.4 Å². The average Bonchev–Trinajstić information content (AvgIpc) is 3.20. The molecule has 0 aliphatic rings. The number of nitrogens with zero attached hydrogens (tertiary/aromatic N) is 1. The molecule has 1 N–H and O–H groups in total. The molecule has 0 bridgehead atoms. The number of H-pyrrole nitrogens is 1. The zero-order chi connectivity index (χ0) is 19.4. The molecule has 0 fully saturated rings. The molecule has 0 spiro atoms. The number of benzene rings is 2. The topological polar surface area (TPSA) is 45.8 Å². The smallest absolute Gasteiger partial charge is 0.180 e.